The molecule has 4 nitrogen and oxygen atoms in total. The molecule has 0 aliphatic heterocycles. The van der Waals surface area contributed by atoms with Gasteiger partial charge < -0.3 is 15.4 Å². The maximum atomic E-state index is 8.21. The lowest BCUT2D eigenvalue weighted by molar-refractivity contribution is 0.469. The molecular weight excluding hydrogens is 413 g/mol. The molecule has 0 atom stereocenters. The summed E-state index contributed by atoms with van der Waals surface area (Å²) in [5.41, 5.74) is 1.93. The van der Waals surface area contributed by atoms with Gasteiger partial charge in [0, 0.05) is 23.8 Å². The van der Waals surface area contributed by atoms with E-state index in [1.807, 2.05) is 66.0 Å². The van der Waals surface area contributed by atoms with E-state index in [1.165, 1.54) is 0 Å². The van der Waals surface area contributed by atoms with E-state index in [2.05, 4.69) is 24.5 Å². The van der Waals surface area contributed by atoms with Crippen LogP contribution in [0.2, 0.25) is 0 Å². The largest absolute Gasteiger partial charge is 0.457 e. The Balaban J connectivity index is 0.00000196. The third-order valence-corrected chi connectivity index (χ3v) is 4.66. The second-order valence-electron chi connectivity index (χ2n) is 6.25. The van der Waals surface area contributed by atoms with Crippen molar-refractivity contribution in [2.75, 3.05) is 5.32 Å². The van der Waals surface area contributed by atoms with Crippen LogP contribution >= 0.6 is 36.2 Å². The van der Waals surface area contributed by atoms with Gasteiger partial charge in [-0.15, -0.1) is 36.2 Å². The molecule has 7 heteroatoms. The van der Waals surface area contributed by atoms with Crippen molar-refractivity contribution in [2.24, 2.45) is 0 Å². The maximum absolute atomic E-state index is 8.21. The van der Waals surface area contributed by atoms with Gasteiger partial charge in [-0.1, -0.05) is 38.1 Å². The van der Waals surface area contributed by atoms with Crippen LogP contribution in [-0.2, 0) is 6.54 Å². The van der Waals surface area contributed by atoms with E-state index in [-0.39, 0.29) is 24.8 Å². The summed E-state index contributed by atoms with van der Waals surface area (Å²) >= 11 is 1.55. The van der Waals surface area contributed by atoms with Crippen LogP contribution in [0.5, 0.6) is 11.5 Å². The van der Waals surface area contributed by atoms with Gasteiger partial charge in [-0.05, 0) is 41.8 Å². The average molecular weight is 438 g/mol. The van der Waals surface area contributed by atoms with Crippen LogP contribution in [0, 0.1) is 5.41 Å². The van der Waals surface area contributed by atoms with Crippen molar-refractivity contribution >= 4 is 47.7 Å². The predicted octanol–water partition coefficient (Wildman–Crippen LogP) is 6.32. The highest BCUT2D eigenvalue weighted by Crippen LogP contribution is 2.28. The quantitative estimate of drug-likeness (QED) is 0.299. The molecule has 0 saturated heterocycles. The number of nitrogens with one attached hydrogen (secondary N) is 3. The number of rotatable bonds is 7. The fraction of sp³-hybridized carbons (Fsp3) is 0.190. The second kappa shape index (κ2) is 11.7. The van der Waals surface area contributed by atoms with Crippen molar-refractivity contribution in [2.45, 2.75) is 26.4 Å². The lowest BCUT2D eigenvalue weighted by atomic mass is 10.1. The van der Waals surface area contributed by atoms with Crippen molar-refractivity contribution in [3.05, 3.63) is 76.5 Å². The van der Waals surface area contributed by atoms with E-state index >= 15 is 0 Å². The number of anilines is 1. The van der Waals surface area contributed by atoms with Gasteiger partial charge in [0.25, 0.3) is 0 Å². The lowest BCUT2D eigenvalue weighted by Gasteiger charge is -2.16. The molecule has 28 heavy (non-hydrogen) atoms. The number of ether oxygens (including phenoxy) is 1. The highest BCUT2D eigenvalue weighted by atomic mass is 35.5. The Labute approximate surface area is 182 Å². The Morgan fingerprint density at radius 1 is 1.04 bits per heavy atom. The molecule has 3 aromatic rings. The third kappa shape index (κ3) is 6.84. The Bertz CT molecular complexity index is 855. The van der Waals surface area contributed by atoms with Crippen LogP contribution in [0.3, 0.4) is 0 Å². The number of benzene rings is 2. The Kier molecular flexibility index (Phi) is 10.0. The van der Waals surface area contributed by atoms with E-state index in [0.717, 1.165) is 27.6 Å². The van der Waals surface area contributed by atoms with Gasteiger partial charge in [0.1, 0.15) is 17.3 Å². The molecular formula is C21H25Cl2N3OS. The zero-order chi connectivity index (χ0) is 18.4. The minimum atomic E-state index is 0. The van der Waals surface area contributed by atoms with Gasteiger partial charge in [0.2, 0.25) is 0 Å². The molecule has 2 aromatic carbocycles. The van der Waals surface area contributed by atoms with Crippen LogP contribution < -0.4 is 15.4 Å². The zero-order valence-corrected chi connectivity index (χ0v) is 18.2. The maximum Gasteiger partial charge on any atom is 0.140 e. The molecule has 0 radical (unpaired) electrons. The van der Waals surface area contributed by atoms with Crippen molar-refractivity contribution in [3.63, 3.8) is 0 Å². The van der Waals surface area contributed by atoms with Gasteiger partial charge >= 0.3 is 0 Å². The number of hydrogen-bond donors (Lipinski definition) is 3. The zero-order valence-electron chi connectivity index (χ0n) is 15.8. The van der Waals surface area contributed by atoms with E-state index in [1.54, 1.807) is 11.3 Å². The second-order valence-corrected chi connectivity index (χ2v) is 7.20. The standard InChI is InChI=1S/C21H23N3OS.2ClH/c1-15(2)23-14-16-13-17(24-21(22)20-9-6-12-26-20)10-11-19(16)25-18-7-4-3-5-8-18;;/h3-13,15,23H,14H2,1-2H3,(H2,22,24);2*1H. The van der Waals surface area contributed by atoms with E-state index in [4.69, 9.17) is 10.1 Å². The number of amidine groups is 1. The van der Waals surface area contributed by atoms with Gasteiger partial charge in [0.05, 0.1) is 4.88 Å². The SMILES string of the molecule is CC(C)NCc1cc(NC(=N)c2cccs2)ccc1Oc1ccccc1.Cl.Cl. The molecule has 0 aliphatic rings. The topological polar surface area (TPSA) is 57.1 Å². The first-order valence-electron chi connectivity index (χ1n) is 8.60. The molecule has 1 aromatic heterocycles. The number of hydrogen-bond acceptors (Lipinski definition) is 4. The Morgan fingerprint density at radius 3 is 2.43 bits per heavy atom. The summed E-state index contributed by atoms with van der Waals surface area (Å²) in [6.45, 7) is 4.93. The normalized spacial score (nSPS) is 9.96. The van der Waals surface area contributed by atoms with Crippen molar-refractivity contribution in [1.82, 2.24) is 5.32 Å². The fourth-order valence-electron chi connectivity index (χ4n) is 2.45. The molecule has 0 unspecified atom stereocenters. The molecule has 0 fully saturated rings. The summed E-state index contributed by atoms with van der Waals surface area (Å²) in [5, 5.41) is 16.8. The van der Waals surface area contributed by atoms with Crippen molar-refractivity contribution in [3.8, 4) is 11.5 Å². The lowest BCUT2D eigenvalue weighted by Crippen LogP contribution is -2.22. The smallest absolute Gasteiger partial charge is 0.140 e. The van der Waals surface area contributed by atoms with Crippen LogP contribution in [0.1, 0.15) is 24.3 Å². The summed E-state index contributed by atoms with van der Waals surface area (Å²) in [4.78, 5) is 0.913. The summed E-state index contributed by atoms with van der Waals surface area (Å²) < 4.78 is 6.05. The highest BCUT2D eigenvalue weighted by Gasteiger charge is 2.09. The Morgan fingerprint density at radius 2 is 1.79 bits per heavy atom. The molecule has 150 valence electrons. The van der Waals surface area contributed by atoms with Crippen molar-refractivity contribution in [1.29, 1.82) is 5.41 Å². The van der Waals surface area contributed by atoms with E-state index < -0.39 is 0 Å². The minimum Gasteiger partial charge on any atom is -0.457 e. The van der Waals surface area contributed by atoms with Gasteiger partial charge in [0.15, 0.2) is 0 Å². The van der Waals surface area contributed by atoms with Crippen LogP contribution in [0.4, 0.5) is 5.69 Å². The molecule has 0 spiro atoms. The van der Waals surface area contributed by atoms with Crippen LogP contribution in [0.15, 0.2) is 66.0 Å². The molecule has 0 saturated carbocycles. The first kappa shape index (κ1) is 24.0. The van der Waals surface area contributed by atoms with Crippen LogP contribution in [-0.4, -0.2) is 11.9 Å². The monoisotopic (exact) mass is 437 g/mol. The molecule has 0 aliphatic carbocycles. The average Bonchev–Trinajstić information content (AvgIpc) is 3.17. The summed E-state index contributed by atoms with van der Waals surface area (Å²) in [6.07, 6.45) is 0. The van der Waals surface area contributed by atoms with Gasteiger partial charge in [-0.2, -0.15) is 0 Å². The van der Waals surface area contributed by atoms with Crippen LogP contribution in [0.25, 0.3) is 0 Å². The van der Waals surface area contributed by atoms with Crippen molar-refractivity contribution < 1.29 is 4.74 Å². The summed E-state index contributed by atoms with van der Waals surface area (Å²) in [6, 6.07) is 20.0. The minimum absolute atomic E-state index is 0. The first-order chi connectivity index (χ1) is 12.6. The first-order valence-corrected chi connectivity index (χ1v) is 9.48. The fourth-order valence-corrected chi connectivity index (χ4v) is 3.08. The third-order valence-electron chi connectivity index (χ3n) is 3.77. The van der Waals surface area contributed by atoms with Gasteiger partial charge in [-0.3, -0.25) is 5.41 Å². The molecule has 1 heterocycles. The number of para-hydroxylation sites is 1. The molecule has 0 bridgehead atoms. The highest BCUT2D eigenvalue weighted by molar-refractivity contribution is 7.12. The number of thiophene rings is 1. The summed E-state index contributed by atoms with van der Waals surface area (Å²) in [7, 11) is 0. The molecule has 3 N–H and O–H groups in total. The molecule has 3 rings (SSSR count). The molecule has 0 amide bonds. The Hall–Kier alpha value is -2.05. The number of halogens is 2. The van der Waals surface area contributed by atoms with E-state index in [9.17, 15) is 0 Å². The van der Waals surface area contributed by atoms with Gasteiger partial charge in [-0.25, -0.2) is 0 Å². The summed E-state index contributed by atoms with van der Waals surface area (Å²) in [5.74, 6) is 2.03. The van der Waals surface area contributed by atoms with E-state index in [0.29, 0.717) is 18.4 Å². The predicted molar refractivity (Wildman–Crippen MR) is 124 cm³/mol.